The van der Waals surface area contributed by atoms with Crippen molar-refractivity contribution >= 4 is 23.8 Å². The number of ketones is 1. The molecule has 0 aliphatic rings. The van der Waals surface area contributed by atoms with E-state index in [-0.39, 0.29) is 31.3 Å². The molecule has 0 fully saturated rings. The van der Waals surface area contributed by atoms with Crippen LogP contribution in [0.3, 0.4) is 0 Å². The topological polar surface area (TPSA) is 97.4 Å². The van der Waals surface area contributed by atoms with Crippen LogP contribution in [0.2, 0.25) is 0 Å². The number of aryl methyl sites for hydroxylation is 2. The SMILES string of the molecule is CCCOc1c(CCC)cc(CCC)c(OCOC(=O)C(C)(C)C)c1/C=C/C(=O)c1ccc(OCOC(=O)C(C)(C)C)cc1. The molecule has 0 aliphatic carbocycles. The Balaban J connectivity index is 2.40. The van der Waals surface area contributed by atoms with Gasteiger partial charge in [0.1, 0.15) is 17.2 Å². The minimum absolute atomic E-state index is 0.216. The number of ether oxygens (including phenoxy) is 5. The molecule has 2 aromatic rings. The van der Waals surface area contributed by atoms with Crippen LogP contribution in [0, 0.1) is 10.8 Å². The average molecular weight is 611 g/mol. The highest BCUT2D eigenvalue weighted by Gasteiger charge is 2.25. The van der Waals surface area contributed by atoms with Crippen molar-refractivity contribution in [3.05, 3.63) is 58.7 Å². The normalized spacial score (nSPS) is 11.8. The fourth-order valence-corrected chi connectivity index (χ4v) is 4.09. The van der Waals surface area contributed by atoms with E-state index in [1.54, 1.807) is 71.9 Å². The lowest BCUT2D eigenvalue weighted by molar-refractivity contribution is -0.160. The van der Waals surface area contributed by atoms with Crippen molar-refractivity contribution in [3.8, 4) is 17.2 Å². The molecule has 0 heterocycles. The Labute approximate surface area is 263 Å². The Kier molecular flexibility index (Phi) is 14.0. The molecule has 0 radical (unpaired) electrons. The zero-order valence-electron chi connectivity index (χ0n) is 28.0. The van der Waals surface area contributed by atoms with Crippen molar-refractivity contribution in [2.24, 2.45) is 10.8 Å². The van der Waals surface area contributed by atoms with E-state index in [1.165, 1.54) is 6.08 Å². The third kappa shape index (κ3) is 11.0. The molecule has 2 aromatic carbocycles. The summed E-state index contributed by atoms with van der Waals surface area (Å²) < 4.78 is 28.5. The second kappa shape index (κ2) is 16.9. The summed E-state index contributed by atoms with van der Waals surface area (Å²) in [4.78, 5) is 37.6. The summed E-state index contributed by atoms with van der Waals surface area (Å²) in [6.45, 7) is 16.9. The van der Waals surface area contributed by atoms with Gasteiger partial charge in [0.2, 0.25) is 13.6 Å². The summed E-state index contributed by atoms with van der Waals surface area (Å²) in [6, 6.07) is 8.72. The molecule has 0 spiro atoms. The molecule has 0 unspecified atom stereocenters. The molecule has 0 aromatic heterocycles. The first kappa shape index (κ1) is 36.4. The van der Waals surface area contributed by atoms with Gasteiger partial charge in [0.25, 0.3) is 0 Å². The van der Waals surface area contributed by atoms with Gasteiger partial charge < -0.3 is 23.7 Å². The zero-order valence-corrected chi connectivity index (χ0v) is 28.0. The molecule has 0 saturated carbocycles. The third-order valence-electron chi connectivity index (χ3n) is 6.48. The van der Waals surface area contributed by atoms with Crippen molar-refractivity contribution in [1.29, 1.82) is 0 Å². The van der Waals surface area contributed by atoms with E-state index in [9.17, 15) is 14.4 Å². The standard InChI is InChI=1S/C36H50O8/c1-10-13-26-22-27(14-11-2)32(42-24-44-34(39)36(7,8)9)29(31(26)40-21-12-3)19-20-30(37)25-15-17-28(18-16-25)41-23-43-33(38)35(4,5)6/h15-20,22H,10-14,21,23-24H2,1-9H3/b20-19+. The Morgan fingerprint density at radius 2 is 1.18 bits per heavy atom. The molecular weight excluding hydrogens is 560 g/mol. The molecule has 0 amide bonds. The summed E-state index contributed by atoms with van der Waals surface area (Å²) >= 11 is 0. The van der Waals surface area contributed by atoms with Gasteiger partial charge in [-0.05, 0) is 114 Å². The lowest BCUT2D eigenvalue weighted by atomic mass is 9.96. The van der Waals surface area contributed by atoms with Crippen molar-refractivity contribution in [1.82, 2.24) is 0 Å². The van der Waals surface area contributed by atoms with E-state index in [4.69, 9.17) is 23.7 Å². The molecule has 8 heteroatoms. The van der Waals surface area contributed by atoms with Gasteiger partial charge in [0.05, 0.1) is 23.0 Å². The van der Waals surface area contributed by atoms with Crippen LogP contribution in [0.1, 0.15) is 109 Å². The monoisotopic (exact) mass is 610 g/mol. The Hall–Kier alpha value is -3.81. The number of rotatable bonds is 16. The Bertz CT molecular complexity index is 1280. The number of hydrogen-bond acceptors (Lipinski definition) is 8. The van der Waals surface area contributed by atoms with E-state index in [1.807, 2.05) is 6.92 Å². The minimum Gasteiger partial charge on any atom is -0.493 e. The fraction of sp³-hybridized carbons (Fsp3) is 0.528. The van der Waals surface area contributed by atoms with Crippen LogP contribution >= 0.6 is 0 Å². The van der Waals surface area contributed by atoms with E-state index >= 15 is 0 Å². The molecule has 8 nitrogen and oxygen atoms in total. The van der Waals surface area contributed by atoms with Gasteiger partial charge in [-0.1, -0.05) is 33.6 Å². The molecule has 2 rings (SSSR count). The molecule has 44 heavy (non-hydrogen) atoms. The second-order valence-corrected chi connectivity index (χ2v) is 12.7. The van der Waals surface area contributed by atoms with Gasteiger partial charge in [0, 0.05) is 5.56 Å². The minimum atomic E-state index is -0.664. The van der Waals surface area contributed by atoms with Gasteiger partial charge in [-0.15, -0.1) is 0 Å². The van der Waals surface area contributed by atoms with Gasteiger partial charge in [-0.25, -0.2) is 0 Å². The number of carbonyl (C=O) groups excluding carboxylic acids is 3. The Morgan fingerprint density at radius 1 is 0.682 bits per heavy atom. The van der Waals surface area contributed by atoms with Crippen molar-refractivity contribution < 1.29 is 38.1 Å². The highest BCUT2D eigenvalue weighted by Crippen LogP contribution is 2.39. The lowest BCUT2D eigenvalue weighted by Gasteiger charge is -2.22. The number of carbonyl (C=O) groups is 3. The van der Waals surface area contributed by atoms with E-state index in [0.717, 1.165) is 43.2 Å². The zero-order chi connectivity index (χ0) is 32.9. The maximum absolute atomic E-state index is 13.3. The largest absolute Gasteiger partial charge is 0.493 e. The Morgan fingerprint density at radius 3 is 1.66 bits per heavy atom. The lowest BCUT2D eigenvalue weighted by Crippen LogP contribution is -2.25. The molecule has 0 bridgehead atoms. The highest BCUT2D eigenvalue weighted by atomic mass is 16.7. The number of benzene rings is 2. The smallest absolute Gasteiger partial charge is 0.314 e. The van der Waals surface area contributed by atoms with E-state index in [0.29, 0.717) is 35.0 Å². The van der Waals surface area contributed by atoms with Crippen LogP contribution in [-0.2, 0) is 31.9 Å². The fourth-order valence-electron chi connectivity index (χ4n) is 4.09. The highest BCUT2D eigenvalue weighted by molar-refractivity contribution is 6.07. The predicted octanol–water partition coefficient (Wildman–Crippen LogP) is 8.13. The summed E-state index contributed by atoms with van der Waals surface area (Å²) in [7, 11) is 0. The third-order valence-corrected chi connectivity index (χ3v) is 6.48. The number of allylic oxidation sites excluding steroid dienone is 1. The summed E-state index contributed by atoms with van der Waals surface area (Å²) in [6.07, 6.45) is 7.38. The molecule has 0 atom stereocenters. The first-order valence-corrected chi connectivity index (χ1v) is 15.5. The molecular formula is C36H50O8. The maximum Gasteiger partial charge on any atom is 0.314 e. The molecule has 0 saturated heterocycles. The van der Waals surface area contributed by atoms with Crippen LogP contribution in [0.15, 0.2) is 36.4 Å². The molecule has 0 N–H and O–H groups in total. The summed E-state index contributed by atoms with van der Waals surface area (Å²) in [5.74, 6) is 0.726. The van der Waals surface area contributed by atoms with E-state index in [2.05, 4.69) is 19.9 Å². The maximum atomic E-state index is 13.3. The summed E-state index contributed by atoms with van der Waals surface area (Å²) in [5, 5.41) is 0. The first-order valence-electron chi connectivity index (χ1n) is 15.5. The molecule has 0 aliphatic heterocycles. The van der Waals surface area contributed by atoms with E-state index < -0.39 is 10.8 Å². The van der Waals surface area contributed by atoms with Crippen LogP contribution in [-0.4, -0.2) is 37.9 Å². The number of hydrogen-bond donors (Lipinski definition) is 0. The molecule has 242 valence electrons. The van der Waals surface area contributed by atoms with Gasteiger partial charge >= 0.3 is 11.9 Å². The van der Waals surface area contributed by atoms with Crippen molar-refractivity contribution in [2.45, 2.75) is 94.4 Å². The van der Waals surface area contributed by atoms with Crippen molar-refractivity contribution in [3.63, 3.8) is 0 Å². The van der Waals surface area contributed by atoms with Crippen LogP contribution in [0.4, 0.5) is 0 Å². The van der Waals surface area contributed by atoms with Gasteiger partial charge in [-0.2, -0.15) is 0 Å². The van der Waals surface area contributed by atoms with Crippen LogP contribution in [0.5, 0.6) is 17.2 Å². The van der Waals surface area contributed by atoms with Crippen molar-refractivity contribution in [2.75, 3.05) is 20.2 Å². The quantitative estimate of drug-likeness (QED) is 0.0813. The summed E-state index contributed by atoms with van der Waals surface area (Å²) in [5.41, 5.74) is 1.83. The van der Waals surface area contributed by atoms with Gasteiger partial charge in [-0.3, -0.25) is 14.4 Å². The first-order chi connectivity index (χ1) is 20.7. The van der Waals surface area contributed by atoms with Gasteiger partial charge in [0.15, 0.2) is 5.78 Å². The predicted molar refractivity (Wildman–Crippen MR) is 172 cm³/mol. The average Bonchev–Trinajstić information content (AvgIpc) is 2.95. The van der Waals surface area contributed by atoms with Crippen LogP contribution < -0.4 is 14.2 Å². The van der Waals surface area contributed by atoms with Crippen LogP contribution in [0.25, 0.3) is 6.08 Å². The second-order valence-electron chi connectivity index (χ2n) is 12.7. The number of esters is 2.